The lowest BCUT2D eigenvalue weighted by Gasteiger charge is -2.34. The van der Waals surface area contributed by atoms with Gasteiger partial charge in [-0.15, -0.1) is 0 Å². The van der Waals surface area contributed by atoms with Gasteiger partial charge in [-0.1, -0.05) is 30.3 Å². The van der Waals surface area contributed by atoms with Crippen LogP contribution in [0.4, 0.5) is 5.82 Å². The molecule has 1 fully saturated rings. The number of nitrogens with one attached hydrogen (secondary N) is 1. The van der Waals surface area contributed by atoms with E-state index < -0.39 is 0 Å². The number of hydrogen-bond donors (Lipinski definition) is 1. The first-order chi connectivity index (χ1) is 12.6. The molecule has 2 amide bonds. The number of rotatable bonds is 3. The molecule has 0 unspecified atom stereocenters. The fourth-order valence-corrected chi connectivity index (χ4v) is 3.95. The molecule has 0 saturated carbocycles. The maximum Gasteiger partial charge on any atom is 0.231 e. The lowest BCUT2D eigenvalue weighted by atomic mass is 9.98. The number of anilines is 1. The number of carbonyl (C=O) groups is 2. The Balaban J connectivity index is 1.50. The van der Waals surface area contributed by atoms with E-state index in [1.807, 2.05) is 35.2 Å². The van der Waals surface area contributed by atoms with Gasteiger partial charge in [-0.2, -0.15) is 5.10 Å². The van der Waals surface area contributed by atoms with Crippen LogP contribution in [0.25, 0.3) is 11.1 Å². The minimum absolute atomic E-state index is 0.0799. The first-order valence-electron chi connectivity index (χ1n) is 9.35. The summed E-state index contributed by atoms with van der Waals surface area (Å²) in [5, 5.41) is 7.40. The number of piperidine rings is 1. The average Bonchev–Trinajstić information content (AvgIpc) is 3.05. The summed E-state index contributed by atoms with van der Waals surface area (Å²) >= 11 is 0. The van der Waals surface area contributed by atoms with E-state index >= 15 is 0 Å². The highest BCUT2D eigenvalue weighted by Gasteiger charge is 2.33. The Morgan fingerprint density at radius 1 is 1.27 bits per heavy atom. The minimum atomic E-state index is -0.368. The Morgan fingerprint density at radius 2 is 2.08 bits per heavy atom. The van der Waals surface area contributed by atoms with Gasteiger partial charge >= 0.3 is 0 Å². The van der Waals surface area contributed by atoms with Gasteiger partial charge in [-0.3, -0.25) is 9.59 Å². The Morgan fingerprint density at radius 3 is 2.85 bits per heavy atom. The van der Waals surface area contributed by atoms with E-state index in [0.29, 0.717) is 6.54 Å². The van der Waals surface area contributed by atoms with Crippen LogP contribution in [0.15, 0.2) is 36.5 Å². The first kappa shape index (κ1) is 16.8. The molecule has 1 saturated heterocycles. The summed E-state index contributed by atoms with van der Waals surface area (Å²) in [5.74, 6) is 0.341. The molecule has 26 heavy (non-hydrogen) atoms. The second-order valence-corrected chi connectivity index (χ2v) is 7.28. The molecule has 2 aliphatic rings. The highest BCUT2D eigenvalue weighted by atomic mass is 16.2. The molecule has 1 aromatic carbocycles. The van der Waals surface area contributed by atoms with Gasteiger partial charge in [0.05, 0.1) is 18.7 Å². The zero-order chi connectivity index (χ0) is 18.1. The van der Waals surface area contributed by atoms with Crippen molar-refractivity contribution in [2.45, 2.75) is 45.2 Å². The molecular weight excluding hydrogens is 328 g/mol. The van der Waals surface area contributed by atoms with Gasteiger partial charge in [0.1, 0.15) is 5.82 Å². The summed E-state index contributed by atoms with van der Waals surface area (Å²) in [5.41, 5.74) is 1.93. The minimum Gasteiger partial charge on any atom is -0.340 e. The number of benzene rings is 1. The van der Waals surface area contributed by atoms with Crippen molar-refractivity contribution in [3.05, 3.63) is 36.5 Å². The number of carbonyl (C=O) groups excluding carboxylic acids is 2. The standard InChI is InChI=1S/C20H24N4O2/c1-14-7-5-6-10-23(14)18(25)11-16-13-24-19(22-20(16)26)17(12-21-24)15-8-3-2-4-9-15/h2-4,8-9,12,14,16H,5-7,10-11,13H2,1H3,(H,22,26)/t14-,16-/m0/s1. The number of fused-ring (bicyclic) bond motifs is 1. The zero-order valence-corrected chi connectivity index (χ0v) is 15.0. The van der Waals surface area contributed by atoms with Gasteiger partial charge in [-0.25, -0.2) is 4.68 Å². The van der Waals surface area contributed by atoms with Crippen LogP contribution in [0.3, 0.4) is 0 Å². The molecule has 0 spiro atoms. The van der Waals surface area contributed by atoms with Crippen LogP contribution in [0, 0.1) is 5.92 Å². The van der Waals surface area contributed by atoms with Crippen LogP contribution in [-0.2, 0) is 16.1 Å². The Kier molecular flexibility index (Phi) is 4.49. The van der Waals surface area contributed by atoms with Crippen molar-refractivity contribution in [2.24, 2.45) is 5.92 Å². The third-order valence-electron chi connectivity index (χ3n) is 5.47. The van der Waals surface area contributed by atoms with Gasteiger partial charge in [0.15, 0.2) is 0 Å². The zero-order valence-electron chi connectivity index (χ0n) is 15.0. The van der Waals surface area contributed by atoms with E-state index in [1.54, 1.807) is 10.9 Å². The molecule has 6 nitrogen and oxygen atoms in total. The summed E-state index contributed by atoms with van der Waals surface area (Å²) in [6.45, 7) is 3.34. The molecule has 2 aliphatic heterocycles. The number of amides is 2. The van der Waals surface area contributed by atoms with Crippen molar-refractivity contribution < 1.29 is 9.59 Å². The fraction of sp³-hybridized carbons (Fsp3) is 0.450. The summed E-state index contributed by atoms with van der Waals surface area (Å²) in [7, 11) is 0. The molecule has 0 radical (unpaired) electrons. The first-order valence-corrected chi connectivity index (χ1v) is 9.35. The van der Waals surface area contributed by atoms with E-state index in [9.17, 15) is 9.59 Å². The largest absolute Gasteiger partial charge is 0.340 e. The van der Waals surface area contributed by atoms with Gasteiger partial charge in [0.2, 0.25) is 11.8 Å². The van der Waals surface area contributed by atoms with Crippen molar-refractivity contribution in [1.82, 2.24) is 14.7 Å². The molecule has 0 bridgehead atoms. The van der Waals surface area contributed by atoms with Crippen molar-refractivity contribution >= 4 is 17.6 Å². The predicted molar refractivity (Wildman–Crippen MR) is 99.4 cm³/mol. The average molecular weight is 352 g/mol. The third kappa shape index (κ3) is 3.11. The summed E-state index contributed by atoms with van der Waals surface area (Å²) < 4.78 is 1.81. The summed E-state index contributed by atoms with van der Waals surface area (Å²) in [4.78, 5) is 27.2. The van der Waals surface area contributed by atoms with Gasteiger partial charge in [0.25, 0.3) is 0 Å². The SMILES string of the molecule is C[C@H]1CCCCN1C(=O)C[C@H]1Cn2ncc(-c3ccccc3)c2NC1=O. The van der Waals surface area contributed by atoms with Crippen molar-refractivity contribution in [3.8, 4) is 11.1 Å². The quantitative estimate of drug-likeness (QED) is 0.923. The Hall–Kier alpha value is -2.63. The molecule has 136 valence electrons. The van der Waals surface area contributed by atoms with Crippen molar-refractivity contribution in [3.63, 3.8) is 0 Å². The maximum atomic E-state index is 12.7. The van der Waals surface area contributed by atoms with E-state index in [0.717, 1.165) is 36.3 Å². The van der Waals surface area contributed by atoms with Crippen LogP contribution < -0.4 is 5.32 Å². The Bertz CT molecular complexity index is 814. The van der Waals surface area contributed by atoms with Gasteiger partial charge in [-0.05, 0) is 31.7 Å². The van der Waals surface area contributed by atoms with Crippen LogP contribution in [-0.4, -0.2) is 39.1 Å². The van der Waals surface area contributed by atoms with Gasteiger partial charge < -0.3 is 10.2 Å². The normalized spacial score (nSPS) is 22.7. The molecular formula is C20H24N4O2. The molecule has 1 aromatic heterocycles. The molecule has 4 rings (SSSR count). The monoisotopic (exact) mass is 352 g/mol. The predicted octanol–water partition coefficient (Wildman–Crippen LogP) is 2.91. The highest BCUT2D eigenvalue weighted by molar-refractivity contribution is 5.98. The number of likely N-dealkylation sites (tertiary alicyclic amines) is 1. The third-order valence-corrected chi connectivity index (χ3v) is 5.47. The molecule has 6 heteroatoms. The van der Waals surface area contributed by atoms with E-state index in [4.69, 9.17) is 0 Å². The number of nitrogens with zero attached hydrogens (tertiary/aromatic N) is 3. The Labute approximate surface area is 153 Å². The lowest BCUT2D eigenvalue weighted by Crippen LogP contribution is -2.44. The topological polar surface area (TPSA) is 67.2 Å². The van der Waals surface area contributed by atoms with Crippen LogP contribution in [0.1, 0.15) is 32.6 Å². The number of aromatic nitrogens is 2. The molecule has 0 aliphatic carbocycles. The van der Waals surface area contributed by atoms with Crippen LogP contribution in [0.5, 0.6) is 0 Å². The highest BCUT2D eigenvalue weighted by Crippen LogP contribution is 2.32. The second kappa shape index (κ2) is 6.94. The lowest BCUT2D eigenvalue weighted by molar-refractivity contribution is -0.138. The van der Waals surface area contributed by atoms with Gasteiger partial charge in [0, 0.05) is 24.6 Å². The molecule has 2 aromatic rings. The summed E-state index contributed by atoms with van der Waals surface area (Å²) in [6, 6.07) is 10.2. The molecule has 2 atom stereocenters. The molecule has 1 N–H and O–H groups in total. The smallest absolute Gasteiger partial charge is 0.231 e. The number of hydrogen-bond acceptors (Lipinski definition) is 3. The fourth-order valence-electron chi connectivity index (χ4n) is 3.95. The van der Waals surface area contributed by atoms with E-state index in [1.165, 1.54) is 6.42 Å². The van der Waals surface area contributed by atoms with Crippen LogP contribution in [0.2, 0.25) is 0 Å². The maximum absolute atomic E-state index is 12.7. The van der Waals surface area contributed by atoms with Crippen LogP contribution >= 0.6 is 0 Å². The van der Waals surface area contributed by atoms with E-state index in [2.05, 4.69) is 17.3 Å². The van der Waals surface area contributed by atoms with Crippen molar-refractivity contribution in [2.75, 3.05) is 11.9 Å². The molecule has 3 heterocycles. The second-order valence-electron chi connectivity index (χ2n) is 7.28. The van der Waals surface area contributed by atoms with Crippen molar-refractivity contribution in [1.29, 1.82) is 0 Å². The van der Waals surface area contributed by atoms with E-state index in [-0.39, 0.29) is 30.2 Å². The summed E-state index contributed by atoms with van der Waals surface area (Å²) in [6.07, 6.45) is 5.30.